The van der Waals surface area contributed by atoms with E-state index in [1.165, 1.54) is 12.3 Å². The van der Waals surface area contributed by atoms with E-state index in [9.17, 15) is 9.90 Å². The molecule has 3 N–H and O–H groups in total. The quantitative estimate of drug-likeness (QED) is 0.689. The molecule has 0 saturated heterocycles. The minimum atomic E-state index is -0.981. The molecule has 1 heterocycles. The van der Waals surface area contributed by atoms with Gasteiger partial charge in [-0.2, -0.15) is 0 Å². The molecule has 1 rings (SSSR count). The van der Waals surface area contributed by atoms with Gasteiger partial charge in [-0.25, -0.2) is 4.79 Å². The first kappa shape index (κ1) is 13.6. The van der Waals surface area contributed by atoms with Gasteiger partial charge < -0.3 is 15.5 Å². The fourth-order valence-electron chi connectivity index (χ4n) is 1.25. The smallest absolute Gasteiger partial charge is 0.337 e. The number of aliphatic hydroxyl groups is 1. The molecule has 0 fully saturated rings. The van der Waals surface area contributed by atoms with Crippen molar-refractivity contribution in [2.75, 3.05) is 6.61 Å². The van der Waals surface area contributed by atoms with Crippen LogP contribution in [0.5, 0.6) is 0 Å². The van der Waals surface area contributed by atoms with E-state index in [2.05, 4.69) is 10.3 Å². The van der Waals surface area contributed by atoms with Gasteiger partial charge in [-0.15, -0.1) is 0 Å². The molecule has 0 aromatic carbocycles. The summed E-state index contributed by atoms with van der Waals surface area (Å²) in [5, 5.41) is 21.1. The highest BCUT2D eigenvalue weighted by Crippen LogP contribution is 2.09. The summed E-state index contributed by atoms with van der Waals surface area (Å²) in [5.41, 5.74) is 0.602. The molecule has 0 aliphatic rings. The van der Waals surface area contributed by atoms with Gasteiger partial charge in [0, 0.05) is 18.3 Å². The lowest BCUT2D eigenvalue weighted by Crippen LogP contribution is -2.44. The predicted molar refractivity (Wildman–Crippen MR) is 63.8 cm³/mol. The second-order valence-corrected chi connectivity index (χ2v) is 4.27. The van der Waals surface area contributed by atoms with Crippen LogP contribution < -0.4 is 5.32 Å². The molecule has 0 bridgehead atoms. The van der Waals surface area contributed by atoms with E-state index in [0.717, 1.165) is 12.1 Å². The second kappa shape index (κ2) is 5.75. The molecule has 5 nitrogen and oxygen atoms in total. The minimum Gasteiger partial charge on any atom is -0.478 e. The highest BCUT2D eigenvalue weighted by molar-refractivity contribution is 5.87. The van der Waals surface area contributed by atoms with Crippen molar-refractivity contribution in [3.63, 3.8) is 0 Å². The van der Waals surface area contributed by atoms with Crippen LogP contribution in [0.4, 0.5) is 0 Å². The Bertz CT molecular complexity index is 372. The van der Waals surface area contributed by atoms with Crippen molar-refractivity contribution in [3.05, 3.63) is 29.6 Å². The standard InChI is InChI=1S/C12H18N2O3/c1-3-12(2,8-15)14-7-10-5-4-9(6-13-10)11(16)17/h4-6,14-15H,3,7-8H2,1-2H3,(H,16,17). The number of carboxylic acids is 1. The molecule has 0 aliphatic heterocycles. The third-order valence-corrected chi connectivity index (χ3v) is 2.90. The fourth-order valence-corrected chi connectivity index (χ4v) is 1.25. The van der Waals surface area contributed by atoms with Gasteiger partial charge in [-0.05, 0) is 25.5 Å². The number of aromatic nitrogens is 1. The Morgan fingerprint density at radius 2 is 2.24 bits per heavy atom. The number of nitrogens with one attached hydrogen (secondary N) is 1. The van der Waals surface area contributed by atoms with Crippen LogP contribution >= 0.6 is 0 Å². The topological polar surface area (TPSA) is 82.5 Å². The molecule has 94 valence electrons. The molecule has 0 amide bonds. The largest absolute Gasteiger partial charge is 0.478 e. The molecule has 5 heteroatoms. The third kappa shape index (κ3) is 3.80. The van der Waals surface area contributed by atoms with Crippen LogP contribution in [0.1, 0.15) is 36.3 Å². The van der Waals surface area contributed by atoms with Gasteiger partial charge in [0.15, 0.2) is 0 Å². The van der Waals surface area contributed by atoms with E-state index in [4.69, 9.17) is 5.11 Å². The Morgan fingerprint density at radius 1 is 1.53 bits per heavy atom. The van der Waals surface area contributed by atoms with Crippen molar-refractivity contribution in [1.82, 2.24) is 10.3 Å². The van der Waals surface area contributed by atoms with Crippen molar-refractivity contribution >= 4 is 5.97 Å². The van der Waals surface area contributed by atoms with E-state index in [0.29, 0.717) is 6.54 Å². The Balaban J connectivity index is 2.61. The summed E-state index contributed by atoms with van der Waals surface area (Å²) >= 11 is 0. The molecule has 0 aliphatic carbocycles. The van der Waals surface area contributed by atoms with E-state index < -0.39 is 5.97 Å². The molecule has 1 unspecified atom stereocenters. The van der Waals surface area contributed by atoms with Crippen molar-refractivity contribution in [2.24, 2.45) is 0 Å². The van der Waals surface area contributed by atoms with Crippen LogP contribution in [-0.2, 0) is 6.54 Å². The summed E-state index contributed by atoms with van der Waals surface area (Å²) in [5.74, 6) is -0.981. The van der Waals surface area contributed by atoms with Crippen molar-refractivity contribution in [1.29, 1.82) is 0 Å². The predicted octanol–water partition coefficient (Wildman–Crippen LogP) is 1.03. The highest BCUT2D eigenvalue weighted by atomic mass is 16.4. The summed E-state index contributed by atoms with van der Waals surface area (Å²) in [7, 11) is 0. The SMILES string of the molecule is CCC(C)(CO)NCc1ccc(C(=O)O)cn1. The van der Waals surface area contributed by atoms with Crippen molar-refractivity contribution < 1.29 is 15.0 Å². The molecule has 1 aromatic heterocycles. The van der Waals surface area contributed by atoms with Gasteiger partial charge in [0.1, 0.15) is 0 Å². The zero-order chi connectivity index (χ0) is 12.9. The van der Waals surface area contributed by atoms with Crippen LogP contribution in [0.2, 0.25) is 0 Å². The van der Waals surface area contributed by atoms with Crippen LogP contribution in [0.15, 0.2) is 18.3 Å². The summed E-state index contributed by atoms with van der Waals surface area (Å²) < 4.78 is 0. The number of aromatic carboxylic acids is 1. The first-order valence-corrected chi connectivity index (χ1v) is 5.55. The molecule has 0 spiro atoms. The molecule has 1 atom stereocenters. The summed E-state index contributed by atoms with van der Waals surface area (Å²) in [4.78, 5) is 14.7. The number of rotatable bonds is 6. The number of carbonyl (C=O) groups is 1. The third-order valence-electron chi connectivity index (χ3n) is 2.90. The van der Waals surface area contributed by atoms with Crippen molar-refractivity contribution in [2.45, 2.75) is 32.4 Å². The van der Waals surface area contributed by atoms with Gasteiger partial charge in [0.25, 0.3) is 0 Å². The molecule has 0 saturated carbocycles. The lowest BCUT2D eigenvalue weighted by molar-refractivity contribution is 0.0696. The Labute approximate surface area is 101 Å². The average molecular weight is 238 g/mol. The summed E-state index contributed by atoms with van der Waals surface area (Å²) in [6, 6.07) is 3.19. The van der Waals surface area contributed by atoms with Gasteiger partial charge in [-0.3, -0.25) is 4.98 Å². The van der Waals surface area contributed by atoms with Gasteiger partial charge in [-0.1, -0.05) is 6.92 Å². The lowest BCUT2D eigenvalue weighted by Gasteiger charge is -2.27. The first-order valence-electron chi connectivity index (χ1n) is 5.55. The maximum absolute atomic E-state index is 10.6. The van der Waals surface area contributed by atoms with E-state index >= 15 is 0 Å². The Kier molecular flexibility index (Phi) is 4.60. The highest BCUT2D eigenvalue weighted by Gasteiger charge is 2.19. The monoisotopic (exact) mass is 238 g/mol. The fraction of sp³-hybridized carbons (Fsp3) is 0.500. The van der Waals surface area contributed by atoms with E-state index in [1.807, 2.05) is 13.8 Å². The Hall–Kier alpha value is -1.46. The first-order chi connectivity index (χ1) is 8.00. The van der Waals surface area contributed by atoms with E-state index in [-0.39, 0.29) is 17.7 Å². The number of hydrogen-bond acceptors (Lipinski definition) is 4. The number of aliphatic hydroxyl groups excluding tert-OH is 1. The zero-order valence-electron chi connectivity index (χ0n) is 10.1. The number of nitrogens with zero attached hydrogens (tertiary/aromatic N) is 1. The van der Waals surface area contributed by atoms with E-state index in [1.54, 1.807) is 6.07 Å². The van der Waals surface area contributed by atoms with Crippen LogP contribution in [-0.4, -0.2) is 33.3 Å². The number of pyridine rings is 1. The molecular formula is C12H18N2O3. The van der Waals surface area contributed by atoms with Crippen molar-refractivity contribution in [3.8, 4) is 0 Å². The number of carboxylic acid groups (broad SMARTS) is 1. The second-order valence-electron chi connectivity index (χ2n) is 4.27. The molecular weight excluding hydrogens is 220 g/mol. The average Bonchev–Trinajstić information content (AvgIpc) is 2.36. The maximum atomic E-state index is 10.6. The van der Waals surface area contributed by atoms with Gasteiger partial charge >= 0.3 is 5.97 Å². The summed E-state index contributed by atoms with van der Waals surface area (Å²) in [6.07, 6.45) is 2.14. The zero-order valence-corrected chi connectivity index (χ0v) is 10.1. The normalized spacial score (nSPS) is 14.3. The van der Waals surface area contributed by atoms with Crippen LogP contribution in [0, 0.1) is 0 Å². The van der Waals surface area contributed by atoms with Gasteiger partial charge in [0.2, 0.25) is 0 Å². The van der Waals surface area contributed by atoms with Crippen LogP contribution in [0.3, 0.4) is 0 Å². The minimum absolute atomic E-state index is 0.0523. The molecule has 0 radical (unpaired) electrons. The number of hydrogen-bond donors (Lipinski definition) is 3. The maximum Gasteiger partial charge on any atom is 0.337 e. The molecule has 1 aromatic rings. The van der Waals surface area contributed by atoms with Gasteiger partial charge in [0.05, 0.1) is 17.9 Å². The Morgan fingerprint density at radius 3 is 2.65 bits per heavy atom. The van der Waals surface area contributed by atoms with Crippen LogP contribution in [0.25, 0.3) is 0 Å². The molecule has 17 heavy (non-hydrogen) atoms. The summed E-state index contributed by atoms with van der Waals surface area (Å²) in [6.45, 7) is 4.48. The lowest BCUT2D eigenvalue weighted by atomic mass is 10.0.